The van der Waals surface area contributed by atoms with E-state index in [-0.39, 0.29) is 17.4 Å². The zero-order valence-electron chi connectivity index (χ0n) is 15.7. The van der Waals surface area contributed by atoms with E-state index in [1.165, 1.54) is 24.2 Å². The number of carbonyl (C=O) groups is 2. The van der Waals surface area contributed by atoms with Crippen molar-refractivity contribution in [2.75, 3.05) is 5.75 Å². The van der Waals surface area contributed by atoms with Crippen LogP contribution in [0.15, 0.2) is 78.2 Å². The van der Waals surface area contributed by atoms with Crippen LogP contribution < -0.4 is 5.32 Å². The topological polar surface area (TPSA) is 64.0 Å². The smallest absolute Gasteiger partial charge is 0.231 e. The van der Waals surface area contributed by atoms with Crippen LogP contribution in [-0.2, 0) is 22.6 Å². The molecule has 0 aliphatic heterocycles. The number of aromatic nitrogens is 2. The Balaban J connectivity index is 1.55. The Hall–Kier alpha value is -2.86. The normalized spacial score (nSPS) is 11.8. The van der Waals surface area contributed by atoms with Gasteiger partial charge in [0, 0.05) is 18.9 Å². The van der Waals surface area contributed by atoms with Gasteiger partial charge in [-0.2, -0.15) is 0 Å². The zero-order valence-corrected chi connectivity index (χ0v) is 16.6. The third-order valence-electron chi connectivity index (χ3n) is 4.31. The highest BCUT2D eigenvalue weighted by molar-refractivity contribution is 7.99. The van der Waals surface area contributed by atoms with E-state index in [2.05, 4.69) is 22.4 Å². The van der Waals surface area contributed by atoms with Gasteiger partial charge < -0.3 is 9.88 Å². The molecule has 0 fully saturated rings. The first-order valence-corrected chi connectivity index (χ1v) is 10.1. The molecule has 0 saturated heterocycles. The lowest BCUT2D eigenvalue weighted by Gasteiger charge is -2.16. The van der Waals surface area contributed by atoms with Gasteiger partial charge in [0.05, 0.1) is 11.8 Å². The molecule has 1 aromatic heterocycles. The van der Waals surface area contributed by atoms with E-state index in [9.17, 15) is 9.59 Å². The molecule has 1 N–H and O–H groups in total. The van der Waals surface area contributed by atoms with Gasteiger partial charge in [-0.05, 0) is 24.5 Å². The summed E-state index contributed by atoms with van der Waals surface area (Å²) in [6, 6.07) is 19.3. The van der Waals surface area contributed by atoms with Gasteiger partial charge in [0.1, 0.15) is 0 Å². The summed E-state index contributed by atoms with van der Waals surface area (Å²) in [5.74, 6) is -0.00661. The maximum absolute atomic E-state index is 12.4. The molecule has 0 saturated carbocycles. The Morgan fingerprint density at radius 2 is 1.68 bits per heavy atom. The number of rotatable bonds is 9. The average molecular weight is 394 g/mol. The predicted octanol–water partition coefficient (Wildman–Crippen LogP) is 3.34. The summed E-state index contributed by atoms with van der Waals surface area (Å²) in [6.07, 6.45) is 4.13. The van der Waals surface area contributed by atoms with E-state index in [1.54, 1.807) is 6.20 Å². The molecule has 0 aliphatic carbocycles. The molecule has 0 radical (unpaired) electrons. The first-order chi connectivity index (χ1) is 13.6. The standard InChI is InChI=1S/C22H23N3O2S/c1-17(26)20(14-18-8-4-2-5-9-18)24-21(27)16-28-22-23-12-13-25(22)15-19-10-6-3-7-11-19/h2-13,20H,14-16H2,1H3,(H,24,27). The fraction of sp³-hybridized carbons (Fsp3) is 0.227. The first kappa shape index (κ1) is 19.9. The number of carbonyl (C=O) groups excluding carboxylic acids is 2. The number of amides is 1. The molecule has 1 amide bonds. The number of hydrogen-bond donors (Lipinski definition) is 1. The van der Waals surface area contributed by atoms with Crippen molar-refractivity contribution in [3.05, 3.63) is 84.2 Å². The highest BCUT2D eigenvalue weighted by Crippen LogP contribution is 2.17. The van der Waals surface area contributed by atoms with Gasteiger partial charge in [-0.3, -0.25) is 9.59 Å². The van der Waals surface area contributed by atoms with E-state index in [1.807, 2.05) is 59.3 Å². The van der Waals surface area contributed by atoms with Crippen LogP contribution in [0.5, 0.6) is 0 Å². The molecule has 6 heteroatoms. The molecular formula is C22H23N3O2S. The first-order valence-electron chi connectivity index (χ1n) is 9.13. The zero-order chi connectivity index (χ0) is 19.8. The minimum absolute atomic E-state index is 0.0484. The molecule has 144 valence electrons. The molecule has 1 atom stereocenters. The molecule has 3 aromatic rings. The average Bonchev–Trinajstić information content (AvgIpc) is 3.14. The molecule has 2 aromatic carbocycles. The number of hydrogen-bond acceptors (Lipinski definition) is 4. The number of thioether (sulfide) groups is 1. The lowest BCUT2D eigenvalue weighted by Crippen LogP contribution is -2.42. The SMILES string of the molecule is CC(=O)C(Cc1ccccc1)NC(=O)CSc1nccn1Cc1ccccc1. The molecule has 0 spiro atoms. The highest BCUT2D eigenvalue weighted by Gasteiger charge is 2.18. The van der Waals surface area contributed by atoms with Gasteiger partial charge in [0.25, 0.3) is 0 Å². The highest BCUT2D eigenvalue weighted by atomic mass is 32.2. The van der Waals surface area contributed by atoms with Gasteiger partial charge in [0.2, 0.25) is 5.91 Å². The number of nitrogens with zero attached hydrogens (tertiary/aromatic N) is 2. The Kier molecular flexibility index (Phi) is 7.03. The minimum Gasteiger partial charge on any atom is -0.345 e. The van der Waals surface area contributed by atoms with Crippen LogP contribution in [0.4, 0.5) is 0 Å². The van der Waals surface area contributed by atoms with Gasteiger partial charge in [-0.1, -0.05) is 72.4 Å². The second-order valence-corrected chi connectivity index (χ2v) is 7.47. The van der Waals surface area contributed by atoms with Gasteiger partial charge >= 0.3 is 0 Å². The second-order valence-electron chi connectivity index (χ2n) is 6.53. The monoisotopic (exact) mass is 393 g/mol. The largest absolute Gasteiger partial charge is 0.345 e. The predicted molar refractivity (Wildman–Crippen MR) is 111 cm³/mol. The number of Topliss-reactive ketones (excluding diaryl/α,β-unsaturated/α-hetero) is 1. The Morgan fingerprint density at radius 1 is 1.04 bits per heavy atom. The molecule has 1 heterocycles. The number of nitrogens with one attached hydrogen (secondary N) is 1. The summed E-state index contributed by atoms with van der Waals surface area (Å²) in [5, 5.41) is 3.63. The van der Waals surface area contributed by atoms with Crippen LogP contribution in [0.2, 0.25) is 0 Å². The summed E-state index contributed by atoms with van der Waals surface area (Å²) in [6.45, 7) is 2.21. The summed E-state index contributed by atoms with van der Waals surface area (Å²) in [7, 11) is 0. The van der Waals surface area contributed by atoms with E-state index in [0.717, 1.165) is 10.7 Å². The second kappa shape index (κ2) is 9.90. The lowest BCUT2D eigenvalue weighted by molar-refractivity contribution is -0.125. The summed E-state index contributed by atoms with van der Waals surface area (Å²) in [5.41, 5.74) is 2.19. The summed E-state index contributed by atoms with van der Waals surface area (Å²) in [4.78, 5) is 28.7. The number of benzene rings is 2. The third-order valence-corrected chi connectivity index (χ3v) is 5.32. The Morgan fingerprint density at radius 3 is 2.32 bits per heavy atom. The fourth-order valence-electron chi connectivity index (χ4n) is 2.85. The van der Waals surface area contributed by atoms with Crippen LogP contribution in [0.25, 0.3) is 0 Å². The molecule has 5 nitrogen and oxygen atoms in total. The van der Waals surface area contributed by atoms with E-state index >= 15 is 0 Å². The Bertz CT molecular complexity index is 910. The minimum atomic E-state index is -0.514. The van der Waals surface area contributed by atoms with Crippen molar-refractivity contribution in [1.29, 1.82) is 0 Å². The van der Waals surface area contributed by atoms with Crippen LogP contribution in [0.3, 0.4) is 0 Å². The van der Waals surface area contributed by atoms with Crippen molar-refractivity contribution in [1.82, 2.24) is 14.9 Å². The third kappa shape index (κ3) is 5.82. The number of ketones is 1. The molecule has 0 aliphatic rings. The maximum atomic E-state index is 12.4. The number of imidazole rings is 1. The van der Waals surface area contributed by atoms with E-state index in [0.29, 0.717) is 13.0 Å². The molecule has 28 heavy (non-hydrogen) atoms. The lowest BCUT2D eigenvalue weighted by atomic mass is 10.0. The van der Waals surface area contributed by atoms with Crippen LogP contribution in [0.1, 0.15) is 18.1 Å². The van der Waals surface area contributed by atoms with Crippen LogP contribution in [-0.4, -0.2) is 33.0 Å². The van der Waals surface area contributed by atoms with Crippen molar-refractivity contribution >= 4 is 23.5 Å². The fourth-order valence-corrected chi connectivity index (χ4v) is 3.62. The summed E-state index contributed by atoms with van der Waals surface area (Å²) >= 11 is 1.37. The molecule has 0 bridgehead atoms. The van der Waals surface area contributed by atoms with Crippen molar-refractivity contribution < 1.29 is 9.59 Å². The van der Waals surface area contributed by atoms with Crippen molar-refractivity contribution in [3.63, 3.8) is 0 Å². The van der Waals surface area contributed by atoms with E-state index < -0.39 is 6.04 Å². The van der Waals surface area contributed by atoms with Crippen molar-refractivity contribution in [2.24, 2.45) is 0 Å². The summed E-state index contributed by atoms with van der Waals surface area (Å²) < 4.78 is 2.01. The van der Waals surface area contributed by atoms with Crippen LogP contribution >= 0.6 is 11.8 Å². The Labute approximate surface area is 169 Å². The quantitative estimate of drug-likeness (QED) is 0.567. The molecule has 1 unspecified atom stereocenters. The van der Waals surface area contributed by atoms with E-state index in [4.69, 9.17) is 0 Å². The molecular weight excluding hydrogens is 370 g/mol. The van der Waals surface area contributed by atoms with Crippen LogP contribution in [0, 0.1) is 0 Å². The van der Waals surface area contributed by atoms with Gasteiger partial charge in [0.15, 0.2) is 10.9 Å². The molecule has 3 rings (SSSR count). The van der Waals surface area contributed by atoms with Crippen molar-refractivity contribution in [3.8, 4) is 0 Å². The maximum Gasteiger partial charge on any atom is 0.231 e. The van der Waals surface area contributed by atoms with Crippen molar-refractivity contribution in [2.45, 2.75) is 31.1 Å². The van der Waals surface area contributed by atoms with Gasteiger partial charge in [-0.15, -0.1) is 0 Å². The van der Waals surface area contributed by atoms with Gasteiger partial charge in [-0.25, -0.2) is 4.98 Å².